The number of rotatable bonds is 3. The number of alkyl halides is 3. The molecule has 1 aromatic carbocycles. The van der Waals surface area contributed by atoms with Crippen LogP contribution in [-0.2, 0) is 15.8 Å². The maximum atomic E-state index is 12.5. The van der Waals surface area contributed by atoms with Crippen LogP contribution < -0.4 is 10.6 Å². The second-order valence-corrected chi connectivity index (χ2v) is 7.56. The number of hydrogen-bond acceptors (Lipinski definition) is 6. The average Bonchev–Trinajstić information content (AvgIpc) is 2.97. The Balaban J connectivity index is 1.64. The Bertz CT molecular complexity index is 843. The predicted octanol–water partition coefficient (Wildman–Crippen LogP) is 3.65. The molecule has 2 N–H and O–H groups in total. The van der Waals surface area contributed by atoms with Gasteiger partial charge in [-0.05, 0) is 18.2 Å². The van der Waals surface area contributed by atoms with E-state index in [1.54, 1.807) is 18.2 Å². The third-order valence-corrected chi connectivity index (χ3v) is 5.44. The van der Waals surface area contributed by atoms with Gasteiger partial charge in [-0.1, -0.05) is 22.9 Å². The van der Waals surface area contributed by atoms with Crippen LogP contribution in [-0.4, -0.2) is 27.3 Å². The summed E-state index contributed by atoms with van der Waals surface area (Å²) in [7, 11) is 0. The lowest BCUT2D eigenvalue weighted by Crippen LogP contribution is -2.32. The van der Waals surface area contributed by atoms with E-state index in [-0.39, 0.29) is 28.8 Å². The van der Waals surface area contributed by atoms with E-state index in [4.69, 9.17) is 11.6 Å². The minimum absolute atomic E-state index is 0.220. The molecule has 25 heavy (non-hydrogen) atoms. The van der Waals surface area contributed by atoms with Crippen molar-refractivity contribution >= 4 is 57.3 Å². The summed E-state index contributed by atoms with van der Waals surface area (Å²) in [4.78, 5) is 24.8. The molecule has 6 nitrogen and oxygen atoms in total. The molecular formula is C13H8ClF3N4O2S2. The average molecular weight is 409 g/mol. The maximum absolute atomic E-state index is 12.5. The topological polar surface area (TPSA) is 84.0 Å². The summed E-state index contributed by atoms with van der Waals surface area (Å²) in [5.74, 6) is -1.02. The van der Waals surface area contributed by atoms with Crippen molar-refractivity contribution in [2.75, 3.05) is 10.6 Å². The first kappa shape index (κ1) is 18.0. The van der Waals surface area contributed by atoms with Gasteiger partial charge >= 0.3 is 6.18 Å². The molecule has 1 aliphatic heterocycles. The van der Waals surface area contributed by atoms with Crippen molar-refractivity contribution in [3.63, 3.8) is 0 Å². The van der Waals surface area contributed by atoms with Gasteiger partial charge in [0.2, 0.25) is 22.0 Å². The number of amides is 2. The summed E-state index contributed by atoms with van der Waals surface area (Å²) in [6.45, 7) is 0. The second-order valence-electron chi connectivity index (χ2n) is 4.90. The van der Waals surface area contributed by atoms with Crippen LogP contribution in [0.5, 0.6) is 0 Å². The van der Waals surface area contributed by atoms with Crippen LogP contribution in [0.3, 0.4) is 0 Å². The number of carbonyl (C=O) groups is 2. The van der Waals surface area contributed by atoms with Gasteiger partial charge in [0.15, 0.2) is 0 Å². The molecular weight excluding hydrogens is 401 g/mol. The Morgan fingerprint density at radius 3 is 2.80 bits per heavy atom. The van der Waals surface area contributed by atoms with Gasteiger partial charge in [0.1, 0.15) is 0 Å². The molecule has 0 spiro atoms. The lowest BCUT2D eigenvalue weighted by molar-refractivity contribution is -0.138. The lowest BCUT2D eigenvalue weighted by Gasteiger charge is -2.23. The Morgan fingerprint density at radius 2 is 2.12 bits per heavy atom. The van der Waals surface area contributed by atoms with Gasteiger partial charge in [-0.25, -0.2) is 0 Å². The van der Waals surface area contributed by atoms with E-state index in [0.29, 0.717) is 10.7 Å². The maximum Gasteiger partial charge on any atom is 0.445 e. The second kappa shape index (κ2) is 6.81. The first-order valence-electron chi connectivity index (χ1n) is 6.70. The fourth-order valence-corrected chi connectivity index (χ4v) is 3.87. The van der Waals surface area contributed by atoms with Gasteiger partial charge in [-0.2, -0.15) is 13.2 Å². The molecule has 0 saturated carbocycles. The predicted molar refractivity (Wildman–Crippen MR) is 87.9 cm³/mol. The van der Waals surface area contributed by atoms with Crippen LogP contribution in [0.2, 0.25) is 5.02 Å². The minimum atomic E-state index is -4.62. The Morgan fingerprint density at radius 1 is 1.36 bits per heavy atom. The fraction of sp³-hybridized carbons (Fsp3) is 0.231. The quantitative estimate of drug-likeness (QED) is 0.809. The number of aromatic nitrogens is 2. The number of halogens is 4. The highest BCUT2D eigenvalue weighted by molar-refractivity contribution is 8.01. The molecule has 2 aromatic rings. The molecule has 0 radical (unpaired) electrons. The number of carbonyl (C=O) groups excluding carboxylic acids is 2. The van der Waals surface area contributed by atoms with E-state index in [1.165, 1.54) is 11.8 Å². The highest BCUT2D eigenvalue weighted by Crippen LogP contribution is 2.38. The van der Waals surface area contributed by atoms with Crippen molar-refractivity contribution in [1.29, 1.82) is 0 Å². The van der Waals surface area contributed by atoms with E-state index in [0.717, 1.165) is 4.90 Å². The van der Waals surface area contributed by atoms with E-state index in [1.807, 2.05) is 0 Å². The van der Waals surface area contributed by atoms with Crippen molar-refractivity contribution in [2.45, 2.75) is 22.7 Å². The first-order chi connectivity index (χ1) is 11.7. The molecule has 2 heterocycles. The number of benzene rings is 1. The van der Waals surface area contributed by atoms with Gasteiger partial charge in [-0.3, -0.25) is 9.59 Å². The number of nitrogens with one attached hydrogen (secondary N) is 2. The molecule has 132 valence electrons. The van der Waals surface area contributed by atoms with Crippen LogP contribution in [0.25, 0.3) is 0 Å². The van der Waals surface area contributed by atoms with Crippen LogP contribution in [0, 0.1) is 0 Å². The standard InChI is InChI=1S/C13H8ClF3N4O2S2/c14-5-1-2-7-6(3-5)18-10(23)8(24-7)4-9(22)19-12-21-20-11(25-12)13(15,16)17/h1-3,8H,4H2,(H,18,23)(H,19,21,22). The SMILES string of the molecule is O=C(CC1Sc2ccc(Cl)cc2NC1=O)Nc1nnc(C(F)(F)F)s1. The summed E-state index contributed by atoms with van der Waals surface area (Å²) >= 11 is 7.25. The Labute approximate surface area is 152 Å². The summed E-state index contributed by atoms with van der Waals surface area (Å²) in [6, 6.07) is 4.97. The van der Waals surface area contributed by atoms with E-state index >= 15 is 0 Å². The number of anilines is 2. The Kier molecular flexibility index (Phi) is 4.89. The van der Waals surface area contributed by atoms with Gasteiger partial charge in [0, 0.05) is 16.3 Å². The summed E-state index contributed by atoms with van der Waals surface area (Å²) < 4.78 is 37.4. The molecule has 1 aliphatic rings. The largest absolute Gasteiger partial charge is 0.445 e. The molecule has 2 amide bonds. The third-order valence-electron chi connectivity index (χ3n) is 3.05. The molecule has 0 fully saturated rings. The van der Waals surface area contributed by atoms with Gasteiger partial charge in [-0.15, -0.1) is 22.0 Å². The summed E-state index contributed by atoms with van der Waals surface area (Å²) in [5.41, 5.74) is 0.554. The van der Waals surface area contributed by atoms with Crippen LogP contribution in [0.4, 0.5) is 24.0 Å². The van der Waals surface area contributed by atoms with Crippen LogP contribution >= 0.6 is 34.7 Å². The Hall–Kier alpha value is -1.85. The van der Waals surface area contributed by atoms with Gasteiger partial charge in [0.05, 0.1) is 10.9 Å². The van der Waals surface area contributed by atoms with E-state index < -0.39 is 22.3 Å². The number of thioether (sulfide) groups is 1. The van der Waals surface area contributed by atoms with E-state index in [2.05, 4.69) is 20.8 Å². The van der Waals surface area contributed by atoms with Gasteiger partial charge < -0.3 is 10.6 Å². The van der Waals surface area contributed by atoms with Crippen molar-refractivity contribution in [3.8, 4) is 0 Å². The normalized spacial score (nSPS) is 17.0. The number of nitrogens with zero attached hydrogens (tertiary/aromatic N) is 2. The number of fused-ring (bicyclic) bond motifs is 1. The third kappa shape index (κ3) is 4.22. The summed E-state index contributed by atoms with van der Waals surface area (Å²) in [5, 5.41) is 9.44. The minimum Gasteiger partial charge on any atom is -0.324 e. The van der Waals surface area contributed by atoms with Crippen molar-refractivity contribution in [1.82, 2.24) is 10.2 Å². The van der Waals surface area contributed by atoms with Crippen LogP contribution in [0.15, 0.2) is 23.1 Å². The van der Waals surface area contributed by atoms with Crippen molar-refractivity contribution < 1.29 is 22.8 Å². The molecule has 3 rings (SSSR count). The zero-order valence-electron chi connectivity index (χ0n) is 12.1. The zero-order chi connectivity index (χ0) is 18.2. The van der Waals surface area contributed by atoms with E-state index in [9.17, 15) is 22.8 Å². The summed E-state index contributed by atoms with van der Waals surface area (Å²) in [6.07, 6.45) is -4.84. The van der Waals surface area contributed by atoms with Crippen LogP contribution in [0.1, 0.15) is 11.4 Å². The molecule has 1 aromatic heterocycles. The molecule has 0 bridgehead atoms. The molecule has 0 aliphatic carbocycles. The fourth-order valence-electron chi connectivity index (χ4n) is 1.98. The molecule has 12 heteroatoms. The highest BCUT2D eigenvalue weighted by atomic mass is 35.5. The molecule has 1 unspecified atom stereocenters. The molecule has 1 atom stereocenters. The first-order valence-corrected chi connectivity index (χ1v) is 8.77. The lowest BCUT2D eigenvalue weighted by atomic mass is 10.2. The smallest absolute Gasteiger partial charge is 0.324 e. The highest BCUT2D eigenvalue weighted by Gasteiger charge is 2.36. The van der Waals surface area contributed by atoms with Gasteiger partial charge in [0.25, 0.3) is 0 Å². The molecule has 0 saturated heterocycles. The number of hydrogen-bond donors (Lipinski definition) is 2. The monoisotopic (exact) mass is 408 g/mol. The zero-order valence-corrected chi connectivity index (χ0v) is 14.4. The van der Waals surface area contributed by atoms with Crippen molar-refractivity contribution in [2.24, 2.45) is 0 Å². The van der Waals surface area contributed by atoms with Crippen molar-refractivity contribution in [3.05, 3.63) is 28.2 Å².